The Kier molecular flexibility index (Phi) is 6.87. The lowest BCUT2D eigenvalue weighted by Crippen LogP contribution is -2.42. The molecule has 122 valence electrons. The molecular weight excluding hydrogens is 345 g/mol. The van der Waals surface area contributed by atoms with Crippen LogP contribution in [0.4, 0.5) is 0 Å². The fourth-order valence-corrected chi connectivity index (χ4v) is 3.10. The van der Waals surface area contributed by atoms with E-state index < -0.39 is 0 Å². The van der Waals surface area contributed by atoms with E-state index in [0.717, 1.165) is 22.7 Å². The van der Waals surface area contributed by atoms with Gasteiger partial charge in [-0.2, -0.15) is 0 Å². The maximum absolute atomic E-state index is 12.3. The second-order valence-corrected chi connectivity index (χ2v) is 6.26. The lowest BCUT2D eigenvalue weighted by atomic mass is 10.2. The maximum atomic E-state index is 12.3. The Morgan fingerprint density at radius 2 is 2.27 bits per heavy atom. The quantitative estimate of drug-likeness (QED) is 0.855. The number of hydrogen-bond acceptors (Lipinski definition) is 5. The van der Waals surface area contributed by atoms with Crippen LogP contribution in [-0.4, -0.2) is 23.5 Å². The molecule has 1 fully saturated rings. The van der Waals surface area contributed by atoms with Crippen molar-refractivity contribution in [2.45, 2.75) is 25.8 Å². The molecule has 1 amide bonds. The minimum Gasteiger partial charge on any atom is -0.462 e. The Balaban J connectivity index is 0.00000121. The lowest BCUT2D eigenvalue weighted by Gasteiger charge is -2.15. The maximum Gasteiger partial charge on any atom is 0.271 e. The Labute approximate surface area is 145 Å². The number of carbonyl (C=O) groups is 1. The summed E-state index contributed by atoms with van der Waals surface area (Å²) in [5.74, 6) is 1.08. The van der Waals surface area contributed by atoms with Gasteiger partial charge in [-0.1, -0.05) is 0 Å². The van der Waals surface area contributed by atoms with Gasteiger partial charge < -0.3 is 15.5 Å². The average molecular weight is 364 g/mol. The van der Waals surface area contributed by atoms with Gasteiger partial charge in [0.1, 0.15) is 5.69 Å². The van der Waals surface area contributed by atoms with Crippen molar-refractivity contribution in [1.82, 2.24) is 10.3 Å². The van der Waals surface area contributed by atoms with E-state index in [0.29, 0.717) is 23.9 Å². The first-order chi connectivity index (χ1) is 9.69. The van der Waals surface area contributed by atoms with Gasteiger partial charge >= 0.3 is 0 Å². The highest BCUT2D eigenvalue weighted by Crippen LogP contribution is 2.33. The zero-order valence-corrected chi connectivity index (χ0v) is 14.5. The third-order valence-corrected chi connectivity index (χ3v) is 4.49. The largest absolute Gasteiger partial charge is 0.462 e. The second-order valence-electron chi connectivity index (χ2n) is 5.05. The van der Waals surface area contributed by atoms with Crippen molar-refractivity contribution in [3.63, 3.8) is 0 Å². The third kappa shape index (κ3) is 4.01. The number of amides is 1. The van der Waals surface area contributed by atoms with E-state index in [9.17, 15) is 4.79 Å². The van der Waals surface area contributed by atoms with Gasteiger partial charge in [-0.15, -0.1) is 36.2 Å². The Bertz CT molecular complexity index is 612. The van der Waals surface area contributed by atoms with Gasteiger partial charge in [-0.3, -0.25) is 4.79 Å². The number of nitrogens with two attached hydrogens (primary N) is 1. The van der Waals surface area contributed by atoms with Crippen LogP contribution in [0.1, 0.15) is 28.2 Å². The summed E-state index contributed by atoms with van der Waals surface area (Å²) in [7, 11) is 0. The molecule has 2 heterocycles. The Morgan fingerprint density at radius 1 is 1.55 bits per heavy atom. The van der Waals surface area contributed by atoms with E-state index in [4.69, 9.17) is 10.2 Å². The highest BCUT2D eigenvalue weighted by atomic mass is 35.5. The summed E-state index contributed by atoms with van der Waals surface area (Å²) in [6, 6.07) is 3.71. The van der Waals surface area contributed by atoms with E-state index in [-0.39, 0.29) is 36.8 Å². The summed E-state index contributed by atoms with van der Waals surface area (Å²) in [5, 5.41) is 3.72. The first-order valence-electron chi connectivity index (χ1n) is 6.71. The molecule has 8 heteroatoms. The summed E-state index contributed by atoms with van der Waals surface area (Å²) < 4.78 is 5.31. The van der Waals surface area contributed by atoms with Crippen molar-refractivity contribution >= 4 is 42.1 Å². The molecule has 2 aromatic rings. The third-order valence-electron chi connectivity index (χ3n) is 3.51. The van der Waals surface area contributed by atoms with Crippen LogP contribution in [0.2, 0.25) is 0 Å². The monoisotopic (exact) mass is 363 g/mol. The predicted molar refractivity (Wildman–Crippen MR) is 92.1 cm³/mol. The first kappa shape index (κ1) is 19.0. The normalized spacial score (nSPS) is 14.6. The van der Waals surface area contributed by atoms with Gasteiger partial charge in [-0.25, -0.2) is 4.98 Å². The van der Waals surface area contributed by atoms with Crippen LogP contribution in [0.25, 0.3) is 10.8 Å². The van der Waals surface area contributed by atoms with Crippen molar-refractivity contribution < 1.29 is 9.21 Å². The van der Waals surface area contributed by atoms with Crippen LogP contribution < -0.4 is 11.1 Å². The Hall–Kier alpha value is -1.08. The summed E-state index contributed by atoms with van der Waals surface area (Å²) in [5.41, 5.74) is 6.19. The molecule has 0 radical (unpaired) electrons. The predicted octanol–water partition coefficient (Wildman–Crippen LogP) is 3.02. The molecule has 1 aliphatic carbocycles. The molecule has 0 aliphatic heterocycles. The number of nitrogens with one attached hydrogen (secondary N) is 1. The van der Waals surface area contributed by atoms with Crippen molar-refractivity contribution in [2.75, 3.05) is 6.54 Å². The van der Waals surface area contributed by atoms with Crippen LogP contribution in [0.15, 0.2) is 22.8 Å². The number of halogens is 2. The second kappa shape index (κ2) is 7.97. The first-order valence-corrected chi connectivity index (χ1v) is 7.53. The summed E-state index contributed by atoms with van der Waals surface area (Å²) >= 11 is 1.46. The number of aryl methyl sites for hydroxylation is 1. The minimum absolute atomic E-state index is 0. The summed E-state index contributed by atoms with van der Waals surface area (Å²) in [4.78, 5) is 17.6. The number of furan rings is 1. The molecule has 2 aromatic heterocycles. The van der Waals surface area contributed by atoms with E-state index in [2.05, 4.69) is 10.3 Å². The molecule has 1 atom stereocenters. The highest BCUT2D eigenvalue weighted by Gasteiger charge is 2.32. The fourth-order valence-electron chi connectivity index (χ4n) is 2.22. The van der Waals surface area contributed by atoms with Gasteiger partial charge in [0.25, 0.3) is 5.91 Å². The molecule has 1 saturated carbocycles. The van der Waals surface area contributed by atoms with Crippen molar-refractivity contribution in [3.05, 3.63) is 29.0 Å². The standard InChI is InChI=1S/C14H17N3O2S.2ClH/c1-8-12(13(18)16-10(7-15)9-4-5-9)17-14(20-8)11-3-2-6-19-11;;/h2-3,6,9-10H,4-5,7,15H2,1H3,(H,16,18);2*1H. The molecule has 3 N–H and O–H groups in total. The highest BCUT2D eigenvalue weighted by molar-refractivity contribution is 7.15. The average Bonchev–Trinajstić information content (AvgIpc) is 2.99. The molecule has 0 bridgehead atoms. The molecule has 0 saturated heterocycles. The van der Waals surface area contributed by atoms with Gasteiger partial charge in [0, 0.05) is 17.5 Å². The molecule has 5 nitrogen and oxygen atoms in total. The molecule has 0 aromatic carbocycles. The lowest BCUT2D eigenvalue weighted by molar-refractivity contribution is 0.0928. The van der Waals surface area contributed by atoms with E-state index in [1.54, 1.807) is 6.26 Å². The number of nitrogens with zero attached hydrogens (tertiary/aromatic N) is 1. The van der Waals surface area contributed by atoms with Gasteiger partial charge in [0.05, 0.1) is 6.26 Å². The van der Waals surface area contributed by atoms with Crippen molar-refractivity contribution in [3.8, 4) is 10.8 Å². The molecule has 22 heavy (non-hydrogen) atoms. The van der Waals surface area contributed by atoms with Gasteiger partial charge in [0.15, 0.2) is 10.8 Å². The summed E-state index contributed by atoms with van der Waals surface area (Å²) in [6.07, 6.45) is 3.90. The molecular formula is C14H19Cl2N3O2S. The van der Waals surface area contributed by atoms with Crippen LogP contribution >= 0.6 is 36.2 Å². The minimum atomic E-state index is -0.140. The molecule has 1 unspecified atom stereocenters. The smallest absolute Gasteiger partial charge is 0.271 e. The van der Waals surface area contributed by atoms with E-state index in [1.807, 2.05) is 19.1 Å². The SMILES string of the molecule is Cc1sc(-c2ccco2)nc1C(=O)NC(CN)C1CC1.Cl.Cl. The molecule has 0 spiro atoms. The fraction of sp³-hybridized carbons (Fsp3) is 0.429. The van der Waals surface area contributed by atoms with Crippen LogP contribution in [0, 0.1) is 12.8 Å². The number of hydrogen-bond donors (Lipinski definition) is 2. The number of thiazole rings is 1. The van der Waals surface area contributed by atoms with Crippen LogP contribution in [0.5, 0.6) is 0 Å². The van der Waals surface area contributed by atoms with Gasteiger partial charge in [-0.05, 0) is 37.8 Å². The zero-order chi connectivity index (χ0) is 14.1. The zero-order valence-electron chi connectivity index (χ0n) is 12.1. The number of aromatic nitrogens is 1. The molecule has 3 rings (SSSR count). The van der Waals surface area contributed by atoms with E-state index >= 15 is 0 Å². The number of rotatable bonds is 5. The van der Waals surface area contributed by atoms with Gasteiger partial charge in [0.2, 0.25) is 0 Å². The van der Waals surface area contributed by atoms with Crippen LogP contribution in [-0.2, 0) is 0 Å². The van der Waals surface area contributed by atoms with E-state index in [1.165, 1.54) is 11.3 Å². The van der Waals surface area contributed by atoms with Crippen molar-refractivity contribution in [1.29, 1.82) is 0 Å². The van der Waals surface area contributed by atoms with Crippen LogP contribution in [0.3, 0.4) is 0 Å². The Morgan fingerprint density at radius 3 is 2.82 bits per heavy atom. The molecule has 1 aliphatic rings. The van der Waals surface area contributed by atoms with Crippen molar-refractivity contribution in [2.24, 2.45) is 11.7 Å². The topological polar surface area (TPSA) is 81.2 Å². The number of carbonyl (C=O) groups excluding carboxylic acids is 1. The summed E-state index contributed by atoms with van der Waals surface area (Å²) in [6.45, 7) is 2.37.